The van der Waals surface area contributed by atoms with Crippen molar-refractivity contribution in [3.63, 3.8) is 0 Å². The fraction of sp³-hybridized carbons (Fsp3) is 0.222. The minimum atomic E-state index is 0.00594. The number of fused-ring (bicyclic) bond motifs is 1. The molecule has 0 atom stereocenters. The second-order valence-corrected chi connectivity index (χ2v) is 5.75. The first kappa shape index (κ1) is 13.1. The minimum absolute atomic E-state index is 0.00594. The van der Waals surface area contributed by atoms with Crippen LogP contribution in [0.4, 0.5) is 0 Å². The summed E-state index contributed by atoms with van der Waals surface area (Å²) >= 11 is 0. The van der Waals surface area contributed by atoms with E-state index < -0.39 is 0 Å². The van der Waals surface area contributed by atoms with Gasteiger partial charge >= 0.3 is 0 Å². The quantitative estimate of drug-likeness (QED) is 0.728. The van der Waals surface area contributed by atoms with Crippen LogP contribution in [0.2, 0.25) is 0 Å². The van der Waals surface area contributed by atoms with Gasteiger partial charge in [0.1, 0.15) is 0 Å². The van der Waals surface area contributed by atoms with E-state index in [9.17, 15) is 4.79 Å². The van der Waals surface area contributed by atoms with Crippen molar-refractivity contribution in [2.24, 2.45) is 7.05 Å². The Labute approximate surface area is 128 Å². The summed E-state index contributed by atoms with van der Waals surface area (Å²) in [6.07, 6.45) is 6.05. The summed E-state index contributed by atoms with van der Waals surface area (Å²) in [6, 6.07) is 11.8. The number of aryl methyl sites for hydroxylation is 2. The number of benzene rings is 1. The van der Waals surface area contributed by atoms with Crippen molar-refractivity contribution in [3.8, 4) is 22.3 Å². The maximum atomic E-state index is 12.1. The number of aromatic nitrogens is 3. The smallest absolute Gasteiger partial charge is 0.250 e. The lowest BCUT2D eigenvalue weighted by molar-refractivity contribution is 0.656. The van der Waals surface area contributed by atoms with Gasteiger partial charge in [-0.15, -0.1) is 0 Å². The zero-order valence-corrected chi connectivity index (χ0v) is 12.5. The molecule has 4 heteroatoms. The summed E-state index contributed by atoms with van der Waals surface area (Å²) in [4.78, 5) is 12.1. The molecule has 0 radical (unpaired) electrons. The monoisotopic (exact) mass is 291 g/mol. The number of nitrogens with zero attached hydrogens (tertiary/aromatic N) is 3. The third-order valence-corrected chi connectivity index (χ3v) is 4.34. The van der Waals surface area contributed by atoms with Crippen LogP contribution in [0, 0.1) is 0 Å². The van der Waals surface area contributed by atoms with Gasteiger partial charge in [-0.1, -0.05) is 30.3 Å². The average Bonchev–Trinajstić information content (AvgIpc) is 3.14. The van der Waals surface area contributed by atoms with E-state index in [2.05, 4.69) is 9.78 Å². The van der Waals surface area contributed by atoms with Gasteiger partial charge in [0.15, 0.2) is 0 Å². The van der Waals surface area contributed by atoms with Crippen molar-refractivity contribution in [2.45, 2.75) is 19.4 Å². The maximum Gasteiger partial charge on any atom is 0.250 e. The summed E-state index contributed by atoms with van der Waals surface area (Å²) < 4.78 is 3.72. The molecule has 0 saturated heterocycles. The highest BCUT2D eigenvalue weighted by atomic mass is 16.1. The fourth-order valence-electron chi connectivity index (χ4n) is 3.19. The molecule has 0 N–H and O–H groups in total. The van der Waals surface area contributed by atoms with Crippen LogP contribution in [0.3, 0.4) is 0 Å². The zero-order chi connectivity index (χ0) is 15.1. The van der Waals surface area contributed by atoms with Crippen molar-refractivity contribution in [2.75, 3.05) is 0 Å². The number of hydrogen-bond acceptors (Lipinski definition) is 2. The molecule has 4 rings (SSSR count). The highest BCUT2D eigenvalue weighted by Gasteiger charge is 2.20. The second-order valence-electron chi connectivity index (χ2n) is 5.75. The predicted molar refractivity (Wildman–Crippen MR) is 86.7 cm³/mol. The summed E-state index contributed by atoms with van der Waals surface area (Å²) in [5, 5.41) is 4.49. The molecule has 0 spiro atoms. The predicted octanol–water partition coefficient (Wildman–Crippen LogP) is 2.86. The minimum Gasteiger partial charge on any atom is -0.318 e. The molecule has 3 aromatic rings. The molecule has 0 fully saturated rings. The maximum absolute atomic E-state index is 12.1. The fourth-order valence-corrected chi connectivity index (χ4v) is 3.19. The van der Waals surface area contributed by atoms with Crippen LogP contribution in [0.1, 0.15) is 12.1 Å². The van der Waals surface area contributed by atoms with E-state index in [0.717, 1.165) is 41.6 Å². The average molecular weight is 291 g/mol. The van der Waals surface area contributed by atoms with Gasteiger partial charge in [-0.25, -0.2) is 0 Å². The molecule has 4 nitrogen and oxygen atoms in total. The topological polar surface area (TPSA) is 39.8 Å². The number of pyridine rings is 1. The Morgan fingerprint density at radius 3 is 2.73 bits per heavy atom. The third-order valence-electron chi connectivity index (χ3n) is 4.34. The lowest BCUT2D eigenvalue weighted by Gasteiger charge is -2.11. The summed E-state index contributed by atoms with van der Waals surface area (Å²) in [6.45, 7) is 0.988. The molecule has 1 aliphatic rings. The van der Waals surface area contributed by atoms with E-state index in [4.69, 9.17) is 0 Å². The lowest BCUT2D eigenvalue weighted by atomic mass is 9.96. The van der Waals surface area contributed by atoms with E-state index >= 15 is 0 Å². The Kier molecular flexibility index (Phi) is 2.96. The Morgan fingerprint density at radius 1 is 1.09 bits per heavy atom. The molecule has 0 bridgehead atoms. The Hall–Kier alpha value is -2.62. The van der Waals surface area contributed by atoms with Crippen LogP contribution < -0.4 is 5.56 Å². The molecule has 0 saturated carbocycles. The van der Waals surface area contributed by atoms with Gasteiger partial charge in [-0.05, 0) is 24.0 Å². The van der Waals surface area contributed by atoms with Gasteiger partial charge in [0.25, 0.3) is 5.56 Å². The molecular weight excluding hydrogens is 274 g/mol. The highest BCUT2D eigenvalue weighted by Crippen LogP contribution is 2.34. The normalized spacial score (nSPS) is 13.3. The Bertz CT molecular complexity index is 890. The first-order chi connectivity index (χ1) is 10.7. The molecule has 0 amide bonds. The van der Waals surface area contributed by atoms with Gasteiger partial charge in [0, 0.05) is 42.7 Å². The van der Waals surface area contributed by atoms with Crippen molar-refractivity contribution < 1.29 is 0 Å². The van der Waals surface area contributed by atoms with Crippen molar-refractivity contribution >= 4 is 0 Å². The van der Waals surface area contributed by atoms with E-state index in [1.807, 2.05) is 42.7 Å². The summed E-state index contributed by atoms with van der Waals surface area (Å²) in [5.41, 5.74) is 5.55. The van der Waals surface area contributed by atoms with Crippen LogP contribution in [-0.4, -0.2) is 14.3 Å². The molecule has 110 valence electrons. The van der Waals surface area contributed by atoms with E-state index in [1.54, 1.807) is 17.7 Å². The van der Waals surface area contributed by atoms with Gasteiger partial charge < -0.3 is 4.57 Å². The highest BCUT2D eigenvalue weighted by molar-refractivity contribution is 5.83. The lowest BCUT2D eigenvalue weighted by Crippen LogP contribution is -2.15. The largest absolute Gasteiger partial charge is 0.318 e. The SMILES string of the molecule is Cn1cc(-c2cnn3c2CCC3)c(-c2ccccc2)cc1=O. The van der Waals surface area contributed by atoms with E-state index in [1.165, 1.54) is 5.69 Å². The van der Waals surface area contributed by atoms with Crippen LogP contribution in [0.5, 0.6) is 0 Å². The van der Waals surface area contributed by atoms with Gasteiger partial charge in [0.2, 0.25) is 0 Å². The summed E-state index contributed by atoms with van der Waals surface area (Å²) in [5.74, 6) is 0. The van der Waals surface area contributed by atoms with E-state index in [-0.39, 0.29) is 5.56 Å². The first-order valence-electron chi connectivity index (χ1n) is 7.55. The van der Waals surface area contributed by atoms with Crippen molar-refractivity contribution in [1.82, 2.24) is 14.3 Å². The van der Waals surface area contributed by atoms with Crippen LogP contribution in [-0.2, 0) is 20.0 Å². The van der Waals surface area contributed by atoms with Gasteiger partial charge in [0.05, 0.1) is 6.20 Å². The molecule has 1 aromatic carbocycles. The summed E-state index contributed by atoms with van der Waals surface area (Å²) in [7, 11) is 1.80. The zero-order valence-electron chi connectivity index (χ0n) is 12.5. The molecule has 3 heterocycles. The third kappa shape index (κ3) is 1.99. The number of hydrogen-bond donors (Lipinski definition) is 0. The standard InChI is InChI=1S/C18H17N3O/c1-20-12-16(15-11-19-21-9-5-8-17(15)21)14(10-18(20)22)13-6-3-2-4-7-13/h2-4,6-7,10-12H,5,8-9H2,1H3. The van der Waals surface area contributed by atoms with Crippen molar-refractivity contribution in [1.29, 1.82) is 0 Å². The molecular formula is C18H17N3O. The van der Waals surface area contributed by atoms with Gasteiger partial charge in [-0.3, -0.25) is 9.48 Å². The number of rotatable bonds is 2. The Morgan fingerprint density at radius 2 is 1.91 bits per heavy atom. The van der Waals surface area contributed by atoms with Crippen LogP contribution in [0.15, 0.2) is 53.6 Å². The van der Waals surface area contributed by atoms with Crippen molar-refractivity contribution in [3.05, 3.63) is 64.8 Å². The van der Waals surface area contributed by atoms with Crippen LogP contribution in [0.25, 0.3) is 22.3 Å². The molecule has 0 aliphatic carbocycles. The van der Waals surface area contributed by atoms with Gasteiger partial charge in [-0.2, -0.15) is 5.10 Å². The van der Waals surface area contributed by atoms with E-state index in [0.29, 0.717) is 0 Å². The Balaban J connectivity index is 1.99. The molecule has 22 heavy (non-hydrogen) atoms. The molecule has 2 aromatic heterocycles. The molecule has 0 unspecified atom stereocenters. The molecule has 1 aliphatic heterocycles. The second kappa shape index (κ2) is 4.98. The first-order valence-corrected chi connectivity index (χ1v) is 7.55. The van der Waals surface area contributed by atoms with Crippen LogP contribution >= 0.6 is 0 Å².